The first-order valence-electron chi connectivity index (χ1n) is 22.0. The number of allylic oxidation sites excluding steroid dienone is 2. The summed E-state index contributed by atoms with van der Waals surface area (Å²) in [5.41, 5.74) is 10.2. The van der Waals surface area contributed by atoms with E-state index >= 15 is 0 Å². The number of carbonyl (C=O) groups is 2. The Hall–Kier alpha value is -5.99. The number of nitrogens with zero attached hydrogens (tertiary/aromatic N) is 3. The van der Waals surface area contributed by atoms with Crippen LogP contribution in [0.4, 0.5) is 17.1 Å². The Kier molecular flexibility index (Phi) is 14.3. The first kappa shape index (κ1) is 45.6. The van der Waals surface area contributed by atoms with E-state index in [2.05, 4.69) is 114 Å². The third kappa shape index (κ3) is 11.3. The van der Waals surface area contributed by atoms with E-state index < -0.39 is 27.9 Å². The van der Waals surface area contributed by atoms with Gasteiger partial charge in [-0.05, 0) is 103 Å². The van der Waals surface area contributed by atoms with Crippen LogP contribution in [0.25, 0.3) is 38.5 Å². The number of carboxylic acid groups (broad SMARTS) is 1. The van der Waals surface area contributed by atoms with Gasteiger partial charge in [0.2, 0.25) is 11.4 Å². The number of thioether (sulfide) groups is 1. The number of hydrogen-bond acceptors (Lipinski definition) is 9. The van der Waals surface area contributed by atoms with Gasteiger partial charge in [-0.1, -0.05) is 121 Å². The number of anilines is 3. The molecule has 1 aromatic heterocycles. The fraction of sp³-hybridized carbons (Fsp3) is 0.250. The van der Waals surface area contributed by atoms with E-state index in [0.29, 0.717) is 44.6 Å². The summed E-state index contributed by atoms with van der Waals surface area (Å²) in [5, 5.41) is 14.9. The second kappa shape index (κ2) is 20.5. The standard InChI is InChI=1S/C52H52N4O6S3/c1-3-37(32-51-56(29-12-30-65(60,61)62)46-33-40(23-25-48(46)64-51)38-13-5-4-6-14-38)31-50-55(45-34-41(24-26-47(45)63-50)39-21-19-36(2)20-22-39)28-10-8-18-49(57)53-42-15-11-16-43(35-42)54-27-9-7-17-44(54)52(58)59/h4-7,9,11,13-16,19-26,31-35,44H,3,8,10,12,17-18,27-30H2,1-2H3,(H2-,53,57,58,59,60,61,62). The minimum atomic E-state index is -4.37. The summed E-state index contributed by atoms with van der Waals surface area (Å²) in [4.78, 5) is 30.6. The molecule has 0 radical (unpaired) electrons. The highest BCUT2D eigenvalue weighted by molar-refractivity contribution is 8.03. The molecule has 334 valence electrons. The molecular weight excluding hydrogens is 873 g/mol. The van der Waals surface area contributed by atoms with Gasteiger partial charge in [-0.3, -0.25) is 4.79 Å². The summed E-state index contributed by atoms with van der Waals surface area (Å²) in [7, 11) is -4.37. The molecule has 65 heavy (non-hydrogen) atoms. The van der Waals surface area contributed by atoms with Crippen molar-refractivity contribution in [2.75, 3.05) is 34.0 Å². The van der Waals surface area contributed by atoms with Gasteiger partial charge in [-0.15, -0.1) is 0 Å². The van der Waals surface area contributed by atoms with Crippen LogP contribution in [0, 0.1) is 6.92 Å². The summed E-state index contributed by atoms with van der Waals surface area (Å²) in [6, 6.07) is 38.4. The van der Waals surface area contributed by atoms with Gasteiger partial charge < -0.3 is 24.8 Å². The number of benzene rings is 5. The van der Waals surface area contributed by atoms with Gasteiger partial charge in [0, 0.05) is 60.1 Å². The van der Waals surface area contributed by atoms with E-state index in [1.165, 1.54) is 5.56 Å². The second-order valence-electron chi connectivity index (χ2n) is 16.4. The number of aliphatic carboxylic acids is 1. The minimum Gasteiger partial charge on any atom is -0.748 e. The smallest absolute Gasteiger partial charge is 0.326 e. The van der Waals surface area contributed by atoms with Crippen LogP contribution < -0.4 is 19.7 Å². The number of aryl methyl sites for hydroxylation is 2. The van der Waals surface area contributed by atoms with Gasteiger partial charge >= 0.3 is 5.97 Å². The maximum Gasteiger partial charge on any atom is 0.326 e. The van der Waals surface area contributed by atoms with E-state index in [4.69, 9.17) is 0 Å². The Morgan fingerprint density at radius 1 is 0.877 bits per heavy atom. The topological polar surface area (TPSA) is 134 Å². The summed E-state index contributed by atoms with van der Waals surface area (Å²) >= 11 is 3.38. The van der Waals surface area contributed by atoms with Crippen molar-refractivity contribution in [3.63, 3.8) is 0 Å². The van der Waals surface area contributed by atoms with E-state index in [9.17, 15) is 27.7 Å². The largest absolute Gasteiger partial charge is 0.748 e. The van der Waals surface area contributed by atoms with Gasteiger partial charge in [-0.2, -0.15) is 4.57 Å². The molecule has 0 saturated carbocycles. The van der Waals surface area contributed by atoms with Crippen molar-refractivity contribution >= 4 is 78.4 Å². The number of rotatable bonds is 17. The number of carbonyl (C=O) groups excluding carboxylic acids is 1. The van der Waals surface area contributed by atoms with Gasteiger partial charge in [0.1, 0.15) is 10.7 Å². The highest BCUT2D eigenvalue weighted by Gasteiger charge is 2.28. The highest BCUT2D eigenvalue weighted by atomic mass is 32.2. The van der Waals surface area contributed by atoms with Crippen molar-refractivity contribution in [1.29, 1.82) is 0 Å². The number of carboxylic acids is 1. The van der Waals surface area contributed by atoms with Crippen molar-refractivity contribution < 1.29 is 32.2 Å². The van der Waals surface area contributed by atoms with Gasteiger partial charge in [0.15, 0.2) is 6.54 Å². The monoisotopic (exact) mass is 924 g/mol. The van der Waals surface area contributed by atoms with Crippen molar-refractivity contribution in [1.82, 2.24) is 0 Å². The third-order valence-electron chi connectivity index (χ3n) is 11.7. The molecule has 2 aliphatic rings. The number of unbranched alkanes of at least 4 members (excludes halogenated alkanes) is 1. The molecule has 0 aliphatic carbocycles. The van der Waals surface area contributed by atoms with Crippen LogP contribution in [0.5, 0.6) is 0 Å². The lowest BCUT2D eigenvalue weighted by Crippen LogP contribution is -2.43. The highest BCUT2D eigenvalue weighted by Crippen LogP contribution is 2.48. The maximum atomic E-state index is 13.3. The minimum absolute atomic E-state index is 0.0966. The lowest BCUT2D eigenvalue weighted by Gasteiger charge is -2.32. The van der Waals surface area contributed by atoms with Crippen molar-refractivity contribution in [2.45, 2.75) is 69.9 Å². The zero-order valence-corrected chi connectivity index (χ0v) is 38.9. The molecule has 1 unspecified atom stereocenters. The Bertz CT molecular complexity index is 2910. The molecule has 0 fully saturated rings. The summed E-state index contributed by atoms with van der Waals surface area (Å²) in [6.07, 6.45) is 11.4. The quantitative estimate of drug-likeness (QED) is 0.0397. The predicted molar refractivity (Wildman–Crippen MR) is 264 cm³/mol. The number of amides is 1. The molecule has 2 aliphatic heterocycles. The zero-order valence-electron chi connectivity index (χ0n) is 36.5. The van der Waals surface area contributed by atoms with E-state index in [-0.39, 0.29) is 12.3 Å². The molecule has 0 spiro atoms. The predicted octanol–water partition coefficient (Wildman–Crippen LogP) is 11.0. The zero-order chi connectivity index (χ0) is 45.5. The second-order valence-corrected chi connectivity index (χ2v) is 20.0. The number of aromatic nitrogens is 1. The fourth-order valence-electron chi connectivity index (χ4n) is 8.30. The molecular formula is C52H52N4O6S3. The van der Waals surface area contributed by atoms with Crippen LogP contribution in [0.15, 0.2) is 149 Å². The summed E-state index contributed by atoms with van der Waals surface area (Å²) < 4.78 is 38.2. The average Bonchev–Trinajstić information content (AvgIpc) is 3.83. The summed E-state index contributed by atoms with van der Waals surface area (Å²) in [5.74, 6) is -1.40. The molecule has 1 atom stereocenters. The van der Waals surface area contributed by atoms with Crippen LogP contribution in [0.2, 0.25) is 0 Å². The maximum absolute atomic E-state index is 13.3. The molecule has 0 saturated heterocycles. The van der Waals surface area contributed by atoms with Crippen LogP contribution >= 0.6 is 23.1 Å². The van der Waals surface area contributed by atoms with Crippen LogP contribution in [-0.2, 0) is 26.3 Å². The summed E-state index contributed by atoms with van der Waals surface area (Å²) in [6.45, 7) is 5.78. The van der Waals surface area contributed by atoms with E-state index in [0.717, 1.165) is 77.2 Å². The first-order valence-corrected chi connectivity index (χ1v) is 25.2. The molecule has 8 rings (SSSR count). The van der Waals surface area contributed by atoms with Gasteiger partial charge in [0.25, 0.3) is 5.01 Å². The first-order chi connectivity index (χ1) is 31.4. The Labute approximate surface area is 389 Å². The van der Waals surface area contributed by atoms with Crippen LogP contribution in [0.1, 0.15) is 56.0 Å². The number of hydrogen-bond donors (Lipinski definition) is 2. The Morgan fingerprint density at radius 3 is 2.40 bits per heavy atom. The SMILES string of the molecule is CCC(/C=C1\Sc2ccc(-c3ccc(C)cc3)cc2N1CCCCC(=O)Nc1cccc(N2CC=CCC2C(=O)O)c1)=C\c1sc2ccc(-c3ccccc3)cc2[n+]1CCCS(=O)(=O)[O-]. The number of nitrogens with one attached hydrogen (secondary N) is 1. The molecule has 3 heterocycles. The Morgan fingerprint density at radius 2 is 1.63 bits per heavy atom. The van der Waals surface area contributed by atoms with E-state index in [1.807, 2.05) is 59.5 Å². The van der Waals surface area contributed by atoms with Gasteiger partial charge in [-0.25, -0.2) is 13.2 Å². The van der Waals surface area contributed by atoms with Gasteiger partial charge in [0.05, 0.1) is 20.8 Å². The van der Waals surface area contributed by atoms with Crippen LogP contribution in [0.3, 0.4) is 0 Å². The molecule has 0 bridgehead atoms. The molecule has 6 aromatic rings. The number of fused-ring (bicyclic) bond motifs is 2. The molecule has 2 N–H and O–H groups in total. The van der Waals surface area contributed by atoms with E-state index in [1.54, 1.807) is 23.1 Å². The molecule has 13 heteroatoms. The third-order valence-corrected chi connectivity index (χ3v) is 14.8. The molecule has 5 aromatic carbocycles. The van der Waals surface area contributed by atoms with Crippen molar-refractivity contribution in [3.05, 3.63) is 155 Å². The lowest BCUT2D eigenvalue weighted by molar-refractivity contribution is -0.668. The normalized spacial score (nSPS) is 15.8. The van der Waals surface area contributed by atoms with Crippen molar-refractivity contribution in [2.24, 2.45) is 0 Å². The average molecular weight is 925 g/mol. The molecule has 10 nitrogen and oxygen atoms in total. The lowest BCUT2D eigenvalue weighted by atomic mass is 10.0. The molecule has 1 amide bonds. The fourth-order valence-corrected chi connectivity index (χ4v) is 11.1. The number of thiazole rings is 1. The van der Waals surface area contributed by atoms with Crippen molar-refractivity contribution in [3.8, 4) is 22.3 Å². The van der Waals surface area contributed by atoms with Crippen LogP contribution in [-0.4, -0.2) is 54.8 Å². The Balaban J connectivity index is 1.04.